The molecule has 0 saturated heterocycles. The number of hydrazine groups is 1. The largest absolute Gasteiger partial charge is 0.308 e. The molecule has 0 aromatic heterocycles. The van der Waals surface area contributed by atoms with Gasteiger partial charge in [-0.05, 0) is 13.0 Å². The molecule has 0 aromatic rings. The first-order chi connectivity index (χ1) is 8.17. The van der Waals surface area contributed by atoms with Crippen molar-refractivity contribution >= 4 is 5.91 Å². The van der Waals surface area contributed by atoms with Crippen LogP contribution in [0.5, 0.6) is 0 Å². The normalized spacial score (nSPS) is 18.2. The van der Waals surface area contributed by atoms with Gasteiger partial charge < -0.3 is 10.7 Å². The molecule has 0 spiro atoms. The highest BCUT2D eigenvalue weighted by atomic mass is 16.1. The van der Waals surface area contributed by atoms with E-state index in [-0.39, 0.29) is 11.9 Å². The second-order valence-corrected chi connectivity index (χ2v) is 3.15. The Hall–Kier alpha value is -1.81. The monoisotopic (exact) mass is 235 g/mol. The zero-order valence-electron chi connectivity index (χ0n) is 10.7. The molecule has 1 unspecified atom stereocenters. The lowest BCUT2D eigenvalue weighted by atomic mass is 10.2. The van der Waals surface area contributed by atoms with E-state index in [0.29, 0.717) is 11.4 Å². The van der Waals surface area contributed by atoms with Crippen molar-refractivity contribution in [3.8, 4) is 0 Å². The molecule has 0 aromatic carbocycles. The van der Waals surface area contributed by atoms with Crippen LogP contribution in [0.3, 0.4) is 0 Å². The summed E-state index contributed by atoms with van der Waals surface area (Å²) in [5.41, 5.74) is 6.27. The van der Waals surface area contributed by atoms with Crippen LogP contribution < -0.4 is 16.2 Å². The Balaban J connectivity index is 0.00000121. The summed E-state index contributed by atoms with van der Waals surface area (Å²) in [5, 5.41) is 2.71. The molecule has 0 bridgehead atoms. The van der Waals surface area contributed by atoms with Crippen molar-refractivity contribution in [3.05, 3.63) is 48.9 Å². The fourth-order valence-electron chi connectivity index (χ4n) is 1.16. The Morgan fingerprint density at radius 1 is 1.47 bits per heavy atom. The van der Waals surface area contributed by atoms with Crippen LogP contribution >= 0.6 is 0 Å². The minimum atomic E-state index is -0.209. The van der Waals surface area contributed by atoms with Gasteiger partial charge in [0.25, 0.3) is 5.91 Å². The summed E-state index contributed by atoms with van der Waals surface area (Å²) in [4.78, 5) is 11.6. The summed E-state index contributed by atoms with van der Waals surface area (Å²) in [5.74, 6) is 0.448. The number of allylic oxidation sites excluding steroid dienone is 2. The first kappa shape index (κ1) is 15.2. The molecule has 1 rings (SSSR count). The van der Waals surface area contributed by atoms with Crippen LogP contribution in [0.4, 0.5) is 0 Å². The Labute approximate surface area is 103 Å². The van der Waals surface area contributed by atoms with E-state index < -0.39 is 0 Å². The Morgan fingerprint density at radius 3 is 2.53 bits per heavy atom. The predicted octanol–water partition coefficient (Wildman–Crippen LogP) is 1.76. The molecule has 1 amide bonds. The summed E-state index contributed by atoms with van der Waals surface area (Å²) < 4.78 is 0. The third-order valence-electron chi connectivity index (χ3n) is 1.88. The fourth-order valence-corrected chi connectivity index (χ4v) is 1.16. The van der Waals surface area contributed by atoms with Gasteiger partial charge in [-0.15, -0.1) is 0 Å². The number of carbonyl (C=O) groups is 1. The third-order valence-corrected chi connectivity index (χ3v) is 1.88. The number of amides is 1. The van der Waals surface area contributed by atoms with Crippen molar-refractivity contribution < 1.29 is 4.79 Å². The standard InChI is InChI=1S/C11H15N3O.C2H6/c1-4-6-9(5-2)11(15)12-10-7-8(3)13-14-10;1-2/h4-8,13-14H,1-2H2,3H3,(H,12,15);1-2H3/b9-6+;. The molecular weight excluding hydrogens is 214 g/mol. The molecule has 0 aliphatic carbocycles. The average Bonchev–Trinajstić information content (AvgIpc) is 2.74. The van der Waals surface area contributed by atoms with Gasteiger partial charge in [0.2, 0.25) is 0 Å². The number of rotatable bonds is 4. The molecule has 1 atom stereocenters. The van der Waals surface area contributed by atoms with Crippen LogP contribution in [0.25, 0.3) is 0 Å². The second-order valence-electron chi connectivity index (χ2n) is 3.15. The molecule has 1 aliphatic rings. The average molecular weight is 235 g/mol. The van der Waals surface area contributed by atoms with Crippen molar-refractivity contribution in [2.24, 2.45) is 0 Å². The van der Waals surface area contributed by atoms with E-state index in [1.165, 1.54) is 6.08 Å². The van der Waals surface area contributed by atoms with Gasteiger partial charge in [0.05, 0.1) is 0 Å². The maximum atomic E-state index is 11.6. The molecule has 1 aliphatic heterocycles. The van der Waals surface area contributed by atoms with Crippen molar-refractivity contribution in [3.63, 3.8) is 0 Å². The van der Waals surface area contributed by atoms with Crippen molar-refractivity contribution in [2.45, 2.75) is 26.8 Å². The van der Waals surface area contributed by atoms with E-state index in [1.807, 2.05) is 26.8 Å². The molecule has 1 heterocycles. The van der Waals surface area contributed by atoms with E-state index in [2.05, 4.69) is 29.3 Å². The fraction of sp³-hybridized carbons (Fsp3) is 0.308. The minimum absolute atomic E-state index is 0.205. The summed E-state index contributed by atoms with van der Waals surface area (Å²) in [6, 6.07) is 0.205. The van der Waals surface area contributed by atoms with E-state index in [4.69, 9.17) is 0 Å². The third kappa shape index (κ3) is 5.17. The van der Waals surface area contributed by atoms with Gasteiger partial charge in [0, 0.05) is 11.6 Å². The van der Waals surface area contributed by atoms with Crippen molar-refractivity contribution in [1.82, 2.24) is 16.2 Å². The molecule has 94 valence electrons. The van der Waals surface area contributed by atoms with E-state index in [1.54, 1.807) is 12.2 Å². The molecule has 0 radical (unpaired) electrons. The Bertz CT molecular complexity index is 343. The van der Waals surface area contributed by atoms with Crippen LogP contribution in [-0.4, -0.2) is 11.9 Å². The topological polar surface area (TPSA) is 53.2 Å². The highest BCUT2D eigenvalue weighted by Gasteiger charge is 2.13. The van der Waals surface area contributed by atoms with Gasteiger partial charge in [-0.1, -0.05) is 45.2 Å². The summed E-state index contributed by atoms with van der Waals surface area (Å²) in [6.45, 7) is 13.1. The highest BCUT2D eigenvalue weighted by molar-refractivity contribution is 5.97. The first-order valence-corrected chi connectivity index (χ1v) is 5.67. The van der Waals surface area contributed by atoms with Crippen LogP contribution in [0, 0.1) is 0 Å². The van der Waals surface area contributed by atoms with E-state index >= 15 is 0 Å². The lowest BCUT2D eigenvalue weighted by molar-refractivity contribution is -0.116. The molecule has 4 nitrogen and oxygen atoms in total. The van der Waals surface area contributed by atoms with Crippen molar-refractivity contribution in [1.29, 1.82) is 0 Å². The van der Waals surface area contributed by atoms with E-state index in [0.717, 1.165) is 0 Å². The lowest BCUT2D eigenvalue weighted by Gasteiger charge is -2.06. The van der Waals surface area contributed by atoms with Gasteiger partial charge in [0.1, 0.15) is 5.82 Å². The smallest absolute Gasteiger partial charge is 0.256 e. The summed E-state index contributed by atoms with van der Waals surface area (Å²) in [6.07, 6.45) is 6.53. The molecule has 0 fully saturated rings. The van der Waals surface area contributed by atoms with Gasteiger partial charge in [-0.2, -0.15) is 0 Å². The molecule has 3 N–H and O–H groups in total. The summed E-state index contributed by atoms with van der Waals surface area (Å²) >= 11 is 0. The second kappa shape index (κ2) is 8.35. The van der Waals surface area contributed by atoms with E-state index in [9.17, 15) is 4.79 Å². The van der Waals surface area contributed by atoms with Gasteiger partial charge >= 0.3 is 0 Å². The quantitative estimate of drug-likeness (QED) is 0.514. The number of carbonyl (C=O) groups excluding carboxylic acids is 1. The predicted molar refractivity (Wildman–Crippen MR) is 71.8 cm³/mol. The van der Waals surface area contributed by atoms with Crippen LogP contribution in [0.15, 0.2) is 48.9 Å². The van der Waals surface area contributed by atoms with Crippen LogP contribution in [-0.2, 0) is 4.79 Å². The van der Waals surface area contributed by atoms with Gasteiger partial charge in [0.15, 0.2) is 0 Å². The number of hydrogen-bond acceptors (Lipinski definition) is 3. The van der Waals surface area contributed by atoms with Crippen LogP contribution in [0.1, 0.15) is 20.8 Å². The van der Waals surface area contributed by atoms with Crippen molar-refractivity contribution in [2.75, 3.05) is 0 Å². The van der Waals surface area contributed by atoms with Gasteiger partial charge in [-0.25, -0.2) is 5.43 Å². The van der Waals surface area contributed by atoms with Gasteiger partial charge in [-0.3, -0.25) is 4.79 Å². The SMILES string of the molecule is C=C/C=C(\C=C)C(=O)NC1=CC(C)NN1.CC. The Morgan fingerprint density at radius 2 is 2.12 bits per heavy atom. The molecule has 4 heteroatoms. The maximum Gasteiger partial charge on any atom is 0.256 e. The number of hydrogen-bond donors (Lipinski definition) is 3. The zero-order chi connectivity index (χ0) is 13.3. The number of nitrogens with one attached hydrogen (secondary N) is 3. The first-order valence-electron chi connectivity index (χ1n) is 5.67. The summed E-state index contributed by atoms with van der Waals surface area (Å²) in [7, 11) is 0. The Kier molecular flexibility index (Phi) is 7.46. The lowest BCUT2D eigenvalue weighted by Crippen LogP contribution is -2.36. The maximum absolute atomic E-state index is 11.6. The minimum Gasteiger partial charge on any atom is -0.308 e. The molecular formula is C13H21N3O. The molecule has 0 saturated carbocycles. The highest BCUT2D eigenvalue weighted by Crippen LogP contribution is 2.00. The zero-order valence-corrected chi connectivity index (χ0v) is 10.7. The van der Waals surface area contributed by atoms with Crippen LogP contribution in [0.2, 0.25) is 0 Å². The molecule has 17 heavy (non-hydrogen) atoms.